The second kappa shape index (κ2) is 15.3. The molecule has 2 aliphatic heterocycles. The lowest BCUT2D eigenvalue weighted by Crippen LogP contribution is -2.39. The van der Waals surface area contributed by atoms with Crippen LogP contribution in [0.4, 0.5) is 0 Å². The highest BCUT2D eigenvalue weighted by atomic mass is 16.5. The van der Waals surface area contributed by atoms with Crippen LogP contribution >= 0.6 is 0 Å². The summed E-state index contributed by atoms with van der Waals surface area (Å²) >= 11 is 0. The SMILES string of the molecule is CCCOc1ccc(/C(O)=C2\C(=O)C(=O)N(CCCN3CCOCC3)C2c2ccc(OCCC(C)C)c(OC)c2)c(C)c1. The molecule has 0 aliphatic carbocycles. The van der Waals surface area contributed by atoms with E-state index in [0.29, 0.717) is 73.7 Å². The van der Waals surface area contributed by atoms with Crippen molar-refractivity contribution in [3.63, 3.8) is 0 Å². The molecular formula is C34H46N2O7. The molecular weight excluding hydrogens is 548 g/mol. The van der Waals surface area contributed by atoms with Gasteiger partial charge in [0.25, 0.3) is 11.7 Å². The number of nitrogens with zero attached hydrogens (tertiary/aromatic N) is 2. The van der Waals surface area contributed by atoms with E-state index in [4.69, 9.17) is 18.9 Å². The summed E-state index contributed by atoms with van der Waals surface area (Å²) in [5, 5.41) is 11.6. The van der Waals surface area contributed by atoms with E-state index in [9.17, 15) is 14.7 Å². The van der Waals surface area contributed by atoms with E-state index in [0.717, 1.165) is 38.0 Å². The number of benzene rings is 2. The molecule has 0 saturated carbocycles. The molecule has 2 saturated heterocycles. The van der Waals surface area contributed by atoms with Crippen LogP contribution in [0.15, 0.2) is 42.0 Å². The number of aliphatic hydroxyl groups excluding tert-OH is 1. The first-order valence-corrected chi connectivity index (χ1v) is 15.4. The van der Waals surface area contributed by atoms with Crippen molar-refractivity contribution in [1.82, 2.24) is 9.80 Å². The molecule has 4 rings (SSSR count). The van der Waals surface area contributed by atoms with E-state index in [1.165, 1.54) is 0 Å². The van der Waals surface area contributed by atoms with E-state index in [1.54, 1.807) is 30.2 Å². The van der Waals surface area contributed by atoms with E-state index >= 15 is 0 Å². The monoisotopic (exact) mass is 594 g/mol. The van der Waals surface area contributed by atoms with Crippen LogP contribution in [0.3, 0.4) is 0 Å². The number of ether oxygens (including phenoxy) is 4. The Labute approximate surface area is 255 Å². The molecule has 0 spiro atoms. The molecule has 0 aromatic heterocycles. The Morgan fingerprint density at radius 1 is 1.02 bits per heavy atom. The van der Waals surface area contributed by atoms with Gasteiger partial charge in [0, 0.05) is 31.7 Å². The van der Waals surface area contributed by atoms with Crippen LogP contribution < -0.4 is 14.2 Å². The topological polar surface area (TPSA) is 97.8 Å². The average molecular weight is 595 g/mol. The fourth-order valence-corrected chi connectivity index (χ4v) is 5.48. The Bertz CT molecular complexity index is 1300. The number of rotatable bonds is 14. The lowest BCUT2D eigenvalue weighted by Gasteiger charge is -2.29. The first-order chi connectivity index (χ1) is 20.7. The number of likely N-dealkylation sites (tertiary alicyclic amines) is 1. The minimum absolute atomic E-state index is 0.0669. The van der Waals surface area contributed by atoms with Crippen LogP contribution in [-0.4, -0.2) is 86.3 Å². The van der Waals surface area contributed by atoms with Crippen LogP contribution in [0, 0.1) is 12.8 Å². The number of carbonyl (C=O) groups is 2. The van der Waals surface area contributed by atoms with Gasteiger partial charge in [-0.05, 0) is 73.6 Å². The van der Waals surface area contributed by atoms with Gasteiger partial charge in [-0.25, -0.2) is 0 Å². The molecule has 43 heavy (non-hydrogen) atoms. The molecule has 1 amide bonds. The third kappa shape index (κ3) is 7.89. The number of hydrogen-bond acceptors (Lipinski definition) is 8. The fourth-order valence-electron chi connectivity index (χ4n) is 5.48. The van der Waals surface area contributed by atoms with Gasteiger partial charge in [0.05, 0.1) is 45.2 Å². The summed E-state index contributed by atoms with van der Waals surface area (Å²) in [6, 6.07) is 10.0. The Morgan fingerprint density at radius 2 is 1.79 bits per heavy atom. The largest absolute Gasteiger partial charge is 0.507 e. The maximum Gasteiger partial charge on any atom is 0.295 e. The summed E-state index contributed by atoms with van der Waals surface area (Å²) in [6.45, 7) is 13.5. The van der Waals surface area contributed by atoms with Crippen molar-refractivity contribution < 1.29 is 33.6 Å². The molecule has 234 valence electrons. The zero-order valence-electron chi connectivity index (χ0n) is 26.2. The van der Waals surface area contributed by atoms with E-state index in [-0.39, 0.29) is 11.3 Å². The highest BCUT2D eigenvalue weighted by Crippen LogP contribution is 2.42. The second-order valence-corrected chi connectivity index (χ2v) is 11.6. The third-order valence-electron chi connectivity index (χ3n) is 7.90. The van der Waals surface area contributed by atoms with Crippen molar-refractivity contribution in [2.24, 2.45) is 5.92 Å². The van der Waals surface area contributed by atoms with Crippen molar-refractivity contribution >= 4 is 17.4 Å². The van der Waals surface area contributed by atoms with Gasteiger partial charge in [-0.1, -0.05) is 26.8 Å². The highest BCUT2D eigenvalue weighted by Gasteiger charge is 2.46. The van der Waals surface area contributed by atoms with Gasteiger partial charge in [0.15, 0.2) is 11.5 Å². The number of aliphatic hydroxyl groups is 1. The average Bonchev–Trinajstić information content (AvgIpc) is 3.25. The molecule has 2 fully saturated rings. The summed E-state index contributed by atoms with van der Waals surface area (Å²) in [4.78, 5) is 31.0. The van der Waals surface area contributed by atoms with Crippen LogP contribution in [-0.2, 0) is 14.3 Å². The maximum absolute atomic E-state index is 13.6. The molecule has 2 heterocycles. The zero-order chi connectivity index (χ0) is 30.9. The minimum atomic E-state index is -0.779. The van der Waals surface area contributed by atoms with Gasteiger partial charge in [0.1, 0.15) is 11.5 Å². The summed E-state index contributed by atoms with van der Waals surface area (Å²) in [6.07, 6.45) is 2.45. The first-order valence-electron chi connectivity index (χ1n) is 15.4. The Hall–Kier alpha value is -3.56. The lowest BCUT2D eigenvalue weighted by molar-refractivity contribution is -0.140. The normalized spacial score (nSPS) is 18.8. The van der Waals surface area contributed by atoms with E-state index in [1.807, 2.05) is 32.0 Å². The number of aryl methyl sites for hydroxylation is 1. The number of carbonyl (C=O) groups excluding carboxylic acids is 2. The standard InChI is InChI=1S/C34H46N2O7/c1-6-17-42-26-9-10-27(24(4)21-26)32(37)30-31(25-8-11-28(29(22-25)40-5)43-18-12-23(2)3)36(34(39)33(30)38)14-7-13-35-15-19-41-20-16-35/h8-11,21-23,31,37H,6-7,12-20H2,1-5H3/b32-30+. The fraction of sp³-hybridized carbons (Fsp3) is 0.529. The van der Waals surface area contributed by atoms with Gasteiger partial charge in [-0.3, -0.25) is 14.5 Å². The number of methoxy groups -OCH3 is 1. The first kappa shape index (κ1) is 32.4. The molecule has 9 heteroatoms. The predicted octanol–water partition coefficient (Wildman–Crippen LogP) is 5.36. The Morgan fingerprint density at radius 3 is 2.47 bits per heavy atom. The number of ketones is 1. The van der Waals surface area contributed by atoms with Crippen molar-refractivity contribution in [2.75, 3.05) is 59.7 Å². The number of amides is 1. The lowest BCUT2D eigenvalue weighted by atomic mass is 9.93. The molecule has 0 radical (unpaired) electrons. The smallest absolute Gasteiger partial charge is 0.295 e. The Kier molecular flexibility index (Phi) is 11.5. The quantitative estimate of drug-likeness (QED) is 0.177. The molecule has 9 nitrogen and oxygen atoms in total. The molecule has 1 atom stereocenters. The van der Waals surface area contributed by atoms with E-state index in [2.05, 4.69) is 18.7 Å². The minimum Gasteiger partial charge on any atom is -0.507 e. The highest BCUT2D eigenvalue weighted by molar-refractivity contribution is 6.46. The van der Waals surface area contributed by atoms with Gasteiger partial charge < -0.3 is 29.0 Å². The van der Waals surface area contributed by atoms with Crippen molar-refractivity contribution in [3.8, 4) is 17.2 Å². The molecule has 1 unspecified atom stereocenters. The molecule has 2 aliphatic rings. The maximum atomic E-state index is 13.6. The summed E-state index contributed by atoms with van der Waals surface area (Å²) in [5.41, 5.74) is 1.97. The molecule has 0 bridgehead atoms. The van der Waals surface area contributed by atoms with Crippen LogP contribution in [0.1, 0.15) is 62.8 Å². The van der Waals surface area contributed by atoms with E-state index < -0.39 is 17.7 Å². The van der Waals surface area contributed by atoms with Crippen molar-refractivity contribution in [3.05, 3.63) is 58.7 Å². The van der Waals surface area contributed by atoms with Crippen molar-refractivity contribution in [1.29, 1.82) is 0 Å². The summed E-state index contributed by atoms with van der Waals surface area (Å²) in [5.74, 6) is 0.770. The Balaban J connectivity index is 1.70. The zero-order valence-corrected chi connectivity index (χ0v) is 26.2. The van der Waals surface area contributed by atoms with Gasteiger partial charge in [-0.15, -0.1) is 0 Å². The molecule has 2 aromatic carbocycles. The van der Waals surface area contributed by atoms with Gasteiger partial charge in [0.2, 0.25) is 0 Å². The van der Waals surface area contributed by atoms with Gasteiger partial charge >= 0.3 is 0 Å². The van der Waals surface area contributed by atoms with Gasteiger partial charge in [-0.2, -0.15) is 0 Å². The molecule has 2 aromatic rings. The van der Waals surface area contributed by atoms with Crippen LogP contribution in [0.25, 0.3) is 5.76 Å². The third-order valence-corrected chi connectivity index (χ3v) is 7.90. The second-order valence-electron chi connectivity index (χ2n) is 11.6. The number of Topliss-reactive ketones (excluding diaryl/α,β-unsaturated/α-hetero) is 1. The van der Waals surface area contributed by atoms with Crippen molar-refractivity contribution in [2.45, 2.75) is 53.0 Å². The summed E-state index contributed by atoms with van der Waals surface area (Å²) < 4.78 is 22.9. The van der Waals surface area contributed by atoms with Crippen LogP contribution in [0.5, 0.6) is 17.2 Å². The number of morpholine rings is 1. The predicted molar refractivity (Wildman–Crippen MR) is 166 cm³/mol. The molecule has 1 N–H and O–H groups in total. The van der Waals surface area contributed by atoms with Crippen LogP contribution in [0.2, 0.25) is 0 Å². The number of hydrogen-bond donors (Lipinski definition) is 1. The summed E-state index contributed by atoms with van der Waals surface area (Å²) in [7, 11) is 1.57.